The van der Waals surface area contributed by atoms with E-state index < -0.39 is 12.0 Å². The van der Waals surface area contributed by atoms with Crippen molar-refractivity contribution in [2.45, 2.75) is 39.5 Å². The molecule has 0 spiro atoms. The van der Waals surface area contributed by atoms with Crippen LogP contribution in [0.2, 0.25) is 0 Å². The monoisotopic (exact) mass is 266 g/mol. The molecule has 5 heteroatoms. The quantitative estimate of drug-likeness (QED) is 0.783. The minimum Gasteiger partial charge on any atom is -0.493 e. The summed E-state index contributed by atoms with van der Waals surface area (Å²) < 4.78 is 10.7. The Morgan fingerprint density at radius 2 is 2.00 bits per heavy atom. The molecule has 3 N–H and O–H groups in total. The molecule has 5 nitrogen and oxygen atoms in total. The van der Waals surface area contributed by atoms with Crippen molar-refractivity contribution in [2.75, 3.05) is 7.11 Å². The van der Waals surface area contributed by atoms with Crippen LogP contribution in [0.15, 0.2) is 18.2 Å². The number of primary amides is 1. The Hall–Kier alpha value is -1.75. The van der Waals surface area contributed by atoms with E-state index in [2.05, 4.69) is 19.2 Å². The number of nitrogens with two attached hydrogens (primary N) is 1. The lowest BCUT2D eigenvalue weighted by molar-refractivity contribution is -0.124. The van der Waals surface area contributed by atoms with Crippen molar-refractivity contribution in [3.63, 3.8) is 0 Å². The summed E-state index contributed by atoms with van der Waals surface area (Å²) in [4.78, 5) is 11.0. The number of benzene rings is 1. The zero-order valence-electron chi connectivity index (χ0n) is 11.9. The van der Waals surface area contributed by atoms with Gasteiger partial charge in [-0.2, -0.15) is 0 Å². The van der Waals surface area contributed by atoms with Crippen molar-refractivity contribution >= 4 is 5.91 Å². The van der Waals surface area contributed by atoms with Gasteiger partial charge in [0.2, 0.25) is 0 Å². The first-order valence-corrected chi connectivity index (χ1v) is 6.30. The lowest BCUT2D eigenvalue weighted by Crippen LogP contribution is -2.30. The van der Waals surface area contributed by atoms with Crippen LogP contribution < -0.4 is 20.5 Å². The molecule has 1 aromatic carbocycles. The minimum atomic E-state index is -0.692. The van der Waals surface area contributed by atoms with Crippen molar-refractivity contribution in [1.82, 2.24) is 5.32 Å². The van der Waals surface area contributed by atoms with Crippen molar-refractivity contribution in [2.24, 2.45) is 5.73 Å². The van der Waals surface area contributed by atoms with Crippen LogP contribution >= 0.6 is 0 Å². The number of carbonyl (C=O) groups is 1. The van der Waals surface area contributed by atoms with Gasteiger partial charge in [-0.1, -0.05) is 19.9 Å². The van der Waals surface area contributed by atoms with Crippen LogP contribution in [0.5, 0.6) is 11.5 Å². The number of carbonyl (C=O) groups excluding carboxylic acids is 1. The second-order valence-corrected chi connectivity index (χ2v) is 4.68. The maximum Gasteiger partial charge on any atom is 0.258 e. The van der Waals surface area contributed by atoms with Crippen LogP contribution in [0, 0.1) is 0 Å². The van der Waals surface area contributed by atoms with Crippen LogP contribution in [0.25, 0.3) is 0 Å². The summed E-state index contributed by atoms with van der Waals surface area (Å²) in [5.41, 5.74) is 6.25. The van der Waals surface area contributed by atoms with Gasteiger partial charge in [-0.25, -0.2) is 0 Å². The summed E-state index contributed by atoms with van der Waals surface area (Å²) in [6.45, 7) is 6.50. The van der Waals surface area contributed by atoms with Gasteiger partial charge in [0.15, 0.2) is 17.6 Å². The molecule has 0 saturated carbocycles. The number of nitrogens with one attached hydrogen (secondary N) is 1. The molecular formula is C14H22N2O3. The molecule has 0 bridgehead atoms. The van der Waals surface area contributed by atoms with Gasteiger partial charge in [0.1, 0.15) is 0 Å². The Kier molecular flexibility index (Phi) is 5.63. The summed E-state index contributed by atoms with van der Waals surface area (Å²) >= 11 is 0. The number of methoxy groups -OCH3 is 1. The molecule has 0 saturated heterocycles. The highest BCUT2D eigenvalue weighted by atomic mass is 16.5. The predicted molar refractivity (Wildman–Crippen MR) is 74.3 cm³/mol. The lowest BCUT2D eigenvalue weighted by atomic mass is 10.2. The van der Waals surface area contributed by atoms with Gasteiger partial charge >= 0.3 is 0 Å². The molecule has 106 valence electrons. The van der Waals surface area contributed by atoms with Crippen LogP contribution in [0.1, 0.15) is 26.3 Å². The second-order valence-electron chi connectivity index (χ2n) is 4.68. The zero-order valence-corrected chi connectivity index (χ0v) is 11.9. The zero-order chi connectivity index (χ0) is 14.4. The molecule has 0 fully saturated rings. The Balaban J connectivity index is 2.86. The van der Waals surface area contributed by atoms with Crippen LogP contribution in [-0.2, 0) is 11.3 Å². The fourth-order valence-corrected chi connectivity index (χ4v) is 1.49. The molecular weight excluding hydrogens is 244 g/mol. The summed E-state index contributed by atoms with van der Waals surface area (Å²) in [5.74, 6) is 0.603. The van der Waals surface area contributed by atoms with Crippen molar-refractivity contribution in [3.05, 3.63) is 23.8 Å². The van der Waals surface area contributed by atoms with E-state index in [1.54, 1.807) is 14.0 Å². The lowest BCUT2D eigenvalue weighted by Gasteiger charge is -2.16. The molecule has 0 aromatic heterocycles. The molecule has 1 amide bonds. The van der Waals surface area contributed by atoms with Gasteiger partial charge in [0.05, 0.1) is 7.11 Å². The van der Waals surface area contributed by atoms with E-state index in [0.29, 0.717) is 17.5 Å². The van der Waals surface area contributed by atoms with E-state index in [1.165, 1.54) is 0 Å². The number of ether oxygens (including phenoxy) is 2. The Bertz CT molecular complexity index is 433. The summed E-state index contributed by atoms with van der Waals surface area (Å²) in [6, 6.07) is 6.03. The molecule has 0 aliphatic rings. The molecule has 1 atom stereocenters. The highest BCUT2D eigenvalue weighted by molar-refractivity contribution is 5.78. The first kappa shape index (κ1) is 15.3. The van der Waals surface area contributed by atoms with E-state index in [1.807, 2.05) is 18.2 Å². The van der Waals surface area contributed by atoms with Gasteiger partial charge in [0.25, 0.3) is 5.91 Å². The van der Waals surface area contributed by atoms with Gasteiger partial charge in [-0.3, -0.25) is 4.79 Å². The van der Waals surface area contributed by atoms with E-state index in [0.717, 1.165) is 12.1 Å². The van der Waals surface area contributed by atoms with Crippen LogP contribution in [0.3, 0.4) is 0 Å². The largest absolute Gasteiger partial charge is 0.493 e. The second kappa shape index (κ2) is 6.99. The average Bonchev–Trinajstić information content (AvgIpc) is 2.36. The van der Waals surface area contributed by atoms with Gasteiger partial charge in [-0.05, 0) is 24.6 Å². The average molecular weight is 266 g/mol. The van der Waals surface area contributed by atoms with Gasteiger partial charge in [0, 0.05) is 12.6 Å². The standard InChI is InChI=1S/C14H22N2O3/c1-9(2)16-8-11-5-6-12(18-4)13(7-11)19-10(3)14(15)17/h5-7,9-10,16H,8H2,1-4H3,(H2,15,17). The summed E-state index contributed by atoms with van der Waals surface area (Å²) in [5, 5.41) is 3.31. The minimum absolute atomic E-state index is 0.399. The maximum absolute atomic E-state index is 11.0. The molecule has 0 aliphatic heterocycles. The van der Waals surface area contributed by atoms with Crippen LogP contribution in [-0.4, -0.2) is 25.2 Å². The smallest absolute Gasteiger partial charge is 0.258 e. The molecule has 1 aromatic rings. The molecule has 0 heterocycles. The first-order chi connectivity index (χ1) is 8.93. The van der Waals surface area contributed by atoms with E-state index in [9.17, 15) is 4.79 Å². The van der Waals surface area contributed by atoms with Crippen LogP contribution in [0.4, 0.5) is 0 Å². The molecule has 1 rings (SSSR count). The van der Waals surface area contributed by atoms with Gasteiger partial charge in [-0.15, -0.1) is 0 Å². The fourth-order valence-electron chi connectivity index (χ4n) is 1.49. The first-order valence-electron chi connectivity index (χ1n) is 6.30. The Labute approximate surface area is 114 Å². The molecule has 19 heavy (non-hydrogen) atoms. The molecule has 0 aliphatic carbocycles. The SMILES string of the molecule is COc1ccc(CNC(C)C)cc1OC(C)C(N)=O. The number of hydrogen-bond donors (Lipinski definition) is 2. The van der Waals surface area contributed by atoms with E-state index in [-0.39, 0.29) is 0 Å². The topological polar surface area (TPSA) is 73.6 Å². The normalized spacial score (nSPS) is 12.3. The summed E-state index contributed by atoms with van der Waals surface area (Å²) in [7, 11) is 1.56. The third-order valence-corrected chi connectivity index (χ3v) is 2.65. The summed E-state index contributed by atoms with van der Waals surface area (Å²) in [6.07, 6.45) is -0.692. The Morgan fingerprint density at radius 1 is 1.32 bits per heavy atom. The van der Waals surface area contributed by atoms with E-state index >= 15 is 0 Å². The fraction of sp³-hybridized carbons (Fsp3) is 0.500. The number of hydrogen-bond acceptors (Lipinski definition) is 4. The molecule has 1 unspecified atom stereocenters. The van der Waals surface area contributed by atoms with Crippen molar-refractivity contribution in [3.8, 4) is 11.5 Å². The van der Waals surface area contributed by atoms with Crippen molar-refractivity contribution < 1.29 is 14.3 Å². The Morgan fingerprint density at radius 3 is 2.53 bits per heavy atom. The van der Waals surface area contributed by atoms with Crippen molar-refractivity contribution in [1.29, 1.82) is 0 Å². The predicted octanol–water partition coefficient (Wildman–Crippen LogP) is 1.45. The number of rotatable bonds is 7. The third kappa shape index (κ3) is 4.79. The third-order valence-electron chi connectivity index (χ3n) is 2.65. The highest BCUT2D eigenvalue weighted by Crippen LogP contribution is 2.29. The highest BCUT2D eigenvalue weighted by Gasteiger charge is 2.14. The van der Waals surface area contributed by atoms with E-state index in [4.69, 9.17) is 15.2 Å². The number of amides is 1. The maximum atomic E-state index is 11.0. The van der Waals surface area contributed by atoms with Gasteiger partial charge < -0.3 is 20.5 Å². The molecule has 0 radical (unpaired) electrons.